The van der Waals surface area contributed by atoms with Crippen LogP contribution in [0.2, 0.25) is 0 Å². The number of hydrogen-bond acceptors (Lipinski definition) is 2. The maximum atomic E-state index is 3.60. The Morgan fingerprint density at radius 2 is 2.05 bits per heavy atom. The lowest BCUT2D eigenvalue weighted by Gasteiger charge is -2.37. The van der Waals surface area contributed by atoms with Crippen molar-refractivity contribution in [3.63, 3.8) is 0 Å². The Balaban J connectivity index is 1.54. The van der Waals surface area contributed by atoms with Gasteiger partial charge < -0.3 is 5.32 Å². The molecule has 4 unspecified atom stereocenters. The van der Waals surface area contributed by atoms with E-state index in [2.05, 4.69) is 41.4 Å². The van der Waals surface area contributed by atoms with Crippen LogP contribution in [0.1, 0.15) is 30.9 Å². The molecule has 2 heterocycles. The number of nitrogens with one attached hydrogen (secondary N) is 1. The van der Waals surface area contributed by atoms with Crippen molar-refractivity contribution in [2.75, 3.05) is 19.6 Å². The van der Waals surface area contributed by atoms with Gasteiger partial charge in [0.15, 0.2) is 0 Å². The summed E-state index contributed by atoms with van der Waals surface area (Å²) in [6.45, 7) is 6.22. The molecule has 1 aromatic carbocycles. The largest absolute Gasteiger partial charge is 0.316 e. The van der Waals surface area contributed by atoms with Gasteiger partial charge in [-0.15, -0.1) is 0 Å². The molecule has 2 nitrogen and oxygen atoms in total. The number of hydrogen-bond donors (Lipinski definition) is 1. The van der Waals surface area contributed by atoms with Gasteiger partial charge in [0.05, 0.1) is 0 Å². The lowest BCUT2D eigenvalue weighted by atomic mass is 9.86. The first-order valence-electron chi connectivity index (χ1n) is 8.40. The van der Waals surface area contributed by atoms with E-state index in [1.54, 1.807) is 11.1 Å². The standard InChI is InChI=1S/C18H26N2/c1-2-18-17-11-19-10-15(17)12-20(18)16-8-7-13-5-3-4-6-14(13)9-16/h3-6,15-19H,2,7-12H2,1H3. The molecule has 0 amide bonds. The average Bonchev–Trinajstić information content (AvgIpc) is 3.07. The summed E-state index contributed by atoms with van der Waals surface area (Å²) in [5, 5.41) is 3.60. The van der Waals surface area contributed by atoms with E-state index in [1.807, 2.05) is 0 Å². The molecule has 0 aromatic heterocycles. The number of rotatable bonds is 2. The predicted octanol–water partition coefficient (Wildman–Crippen LogP) is 2.47. The lowest BCUT2D eigenvalue weighted by molar-refractivity contribution is 0.141. The fraction of sp³-hybridized carbons (Fsp3) is 0.667. The summed E-state index contributed by atoms with van der Waals surface area (Å²) in [5.74, 6) is 1.83. The highest BCUT2D eigenvalue weighted by atomic mass is 15.2. The molecule has 0 bridgehead atoms. The van der Waals surface area contributed by atoms with Crippen LogP contribution in [0.5, 0.6) is 0 Å². The molecular weight excluding hydrogens is 244 g/mol. The summed E-state index contributed by atoms with van der Waals surface area (Å²) in [7, 11) is 0. The molecule has 1 N–H and O–H groups in total. The summed E-state index contributed by atoms with van der Waals surface area (Å²) in [6, 6.07) is 10.7. The van der Waals surface area contributed by atoms with E-state index in [1.165, 1.54) is 45.3 Å². The zero-order valence-corrected chi connectivity index (χ0v) is 12.5. The van der Waals surface area contributed by atoms with E-state index in [0.29, 0.717) is 0 Å². The molecule has 2 heteroatoms. The van der Waals surface area contributed by atoms with Gasteiger partial charge in [-0.1, -0.05) is 31.2 Å². The maximum Gasteiger partial charge on any atom is 0.0142 e. The highest BCUT2D eigenvalue weighted by Gasteiger charge is 2.45. The molecular formula is C18H26N2. The molecule has 2 saturated heterocycles. The maximum absolute atomic E-state index is 3.60. The van der Waals surface area contributed by atoms with Crippen LogP contribution in [0.25, 0.3) is 0 Å². The fourth-order valence-corrected chi connectivity index (χ4v) is 4.97. The Bertz CT molecular complexity index is 484. The van der Waals surface area contributed by atoms with Gasteiger partial charge in [-0.25, -0.2) is 0 Å². The number of aryl methyl sites for hydroxylation is 1. The number of nitrogens with zero attached hydrogens (tertiary/aromatic N) is 1. The van der Waals surface area contributed by atoms with E-state index in [4.69, 9.17) is 0 Å². The summed E-state index contributed by atoms with van der Waals surface area (Å²) in [4.78, 5) is 2.88. The Kier molecular flexibility index (Phi) is 3.31. The number of fused-ring (bicyclic) bond motifs is 2. The SMILES string of the molecule is CCC1C2CNCC2CN1C1CCc2ccccc2C1. The Labute approximate surface area is 122 Å². The summed E-state index contributed by atoms with van der Waals surface area (Å²) < 4.78 is 0. The van der Waals surface area contributed by atoms with Crippen molar-refractivity contribution >= 4 is 0 Å². The number of benzene rings is 1. The summed E-state index contributed by atoms with van der Waals surface area (Å²) in [6.07, 6.45) is 5.24. The van der Waals surface area contributed by atoms with Crippen LogP contribution in [-0.2, 0) is 12.8 Å². The molecule has 3 aliphatic rings. The monoisotopic (exact) mass is 270 g/mol. The molecule has 0 radical (unpaired) electrons. The minimum atomic E-state index is 0.792. The van der Waals surface area contributed by atoms with Crippen LogP contribution >= 0.6 is 0 Å². The van der Waals surface area contributed by atoms with E-state index in [9.17, 15) is 0 Å². The third-order valence-corrected chi connectivity index (χ3v) is 5.97. The van der Waals surface area contributed by atoms with Gasteiger partial charge in [-0.3, -0.25) is 4.90 Å². The third-order valence-electron chi connectivity index (χ3n) is 5.97. The van der Waals surface area contributed by atoms with E-state index in [0.717, 1.165) is 23.9 Å². The smallest absolute Gasteiger partial charge is 0.0142 e. The van der Waals surface area contributed by atoms with Crippen molar-refractivity contribution < 1.29 is 0 Å². The first-order valence-corrected chi connectivity index (χ1v) is 8.40. The van der Waals surface area contributed by atoms with E-state index < -0.39 is 0 Å². The molecule has 20 heavy (non-hydrogen) atoms. The van der Waals surface area contributed by atoms with Crippen LogP contribution in [0.3, 0.4) is 0 Å². The van der Waals surface area contributed by atoms with Crippen molar-refractivity contribution in [1.29, 1.82) is 0 Å². The molecule has 4 atom stereocenters. The van der Waals surface area contributed by atoms with Crippen LogP contribution in [0, 0.1) is 11.8 Å². The quantitative estimate of drug-likeness (QED) is 0.888. The second-order valence-corrected chi connectivity index (χ2v) is 6.92. The molecule has 0 spiro atoms. The van der Waals surface area contributed by atoms with Gasteiger partial charge >= 0.3 is 0 Å². The summed E-state index contributed by atoms with van der Waals surface area (Å²) >= 11 is 0. The van der Waals surface area contributed by atoms with Gasteiger partial charge in [-0.05, 0) is 61.7 Å². The molecule has 1 aromatic rings. The Hall–Kier alpha value is -0.860. The highest BCUT2D eigenvalue weighted by molar-refractivity contribution is 5.30. The van der Waals surface area contributed by atoms with E-state index in [-0.39, 0.29) is 0 Å². The lowest BCUT2D eigenvalue weighted by Crippen LogP contribution is -2.45. The van der Waals surface area contributed by atoms with Gasteiger partial charge in [0, 0.05) is 18.6 Å². The fourth-order valence-electron chi connectivity index (χ4n) is 4.97. The van der Waals surface area contributed by atoms with Crippen LogP contribution in [0.4, 0.5) is 0 Å². The van der Waals surface area contributed by atoms with Crippen molar-refractivity contribution in [1.82, 2.24) is 10.2 Å². The van der Waals surface area contributed by atoms with Gasteiger partial charge in [0.1, 0.15) is 0 Å². The second kappa shape index (κ2) is 5.16. The third kappa shape index (κ3) is 2.01. The van der Waals surface area contributed by atoms with Crippen molar-refractivity contribution in [3.8, 4) is 0 Å². The van der Waals surface area contributed by atoms with Crippen LogP contribution in [-0.4, -0.2) is 36.6 Å². The molecule has 2 fully saturated rings. The molecule has 0 saturated carbocycles. The van der Waals surface area contributed by atoms with Gasteiger partial charge in [0.2, 0.25) is 0 Å². The molecule has 2 aliphatic heterocycles. The molecule has 108 valence electrons. The minimum Gasteiger partial charge on any atom is -0.316 e. The molecule has 1 aliphatic carbocycles. The van der Waals surface area contributed by atoms with Crippen LogP contribution in [0.15, 0.2) is 24.3 Å². The topological polar surface area (TPSA) is 15.3 Å². The van der Waals surface area contributed by atoms with Crippen LogP contribution < -0.4 is 5.32 Å². The van der Waals surface area contributed by atoms with Gasteiger partial charge in [0.25, 0.3) is 0 Å². The highest BCUT2D eigenvalue weighted by Crippen LogP contribution is 2.38. The minimum absolute atomic E-state index is 0.792. The first kappa shape index (κ1) is 12.8. The normalized spacial score (nSPS) is 36.9. The molecule has 4 rings (SSSR count). The van der Waals surface area contributed by atoms with Crippen molar-refractivity contribution in [2.45, 2.75) is 44.7 Å². The van der Waals surface area contributed by atoms with Crippen molar-refractivity contribution in [3.05, 3.63) is 35.4 Å². The second-order valence-electron chi connectivity index (χ2n) is 6.92. The predicted molar refractivity (Wildman–Crippen MR) is 82.9 cm³/mol. The Morgan fingerprint density at radius 1 is 1.20 bits per heavy atom. The van der Waals surface area contributed by atoms with Crippen molar-refractivity contribution in [2.24, 2.45) is 11.8 Å². The Morgan fingerprint density at radius 3 is 2.90 bits per heavy atom. The first-order chi connectivity index (χ1) is 9.86. The number of likely N-dealkylation sites (tertiary alicyclic amines) is 1. The van der Waals surface area contributed by atoms with Gasteiger partial charge in [-0.2, -0.15) is 0 Å². The zero-order valence-electron chi connectivity index (χ0n) is 12.5. The average molecular weight is 270 g/mol. The zero-order chi connectivity index (χ0) is 13.5. The summed E-state index contributed by atoms with van der Waals surface area (Å²) in [5.41, 5.74) is 3.20. The van der Waals surface area contributed by atoms with E-state index >= 15 is 0 Å².